The molecule has 0 aliphatic heterocycles. The number of benzene rings is 2. The van der Waals surface area contributed by atoms with Gasteiger partial charge in [-0.05, 0) is 42.0 Å². The van der Waals surface area contributed by atoms with Crippen molar-refractivity contribution in [2.75, 3.05) is 0 Å². The Morgan fingerprint density at radius 3 is 2.45 bits per heavy atom. The van der Waals surface area contributed by atoms with E-state index < -0.39 is 0 Å². The first-order valence-electron chi connectivity index (χ1n) is 6.36. The fourth-order valence-corrected chi connectivity index (χ4v) is 2.51. The highest BCUT2D eigenvalue weighted by molar-refractivity contribution is 6.50. The summed E-state index contributed by atoms with van der Waals surface area (Å²) in [4.78, 5) is 19.1. The molecule has 0 unspecified atom stereocenters. The summed E-state index contributed by atoms with van der Waals surface area (Å²) in [5, 5.41) is 1.88. The highest BCUT2D eigenvalue weighted by Crippen LogP contribution is 2.21. The van der Waals surface area contributed by atoms with E-state index in [1.54, 1.807) is 36.4 Å². The number of H-pyrrole nitrogens is 1. The molecule has 3 nitrogen and oxygen atoms in total. The molecule has 1 heterocycles. The van der Waals surface area contributed by atoms with Crippen molar-refractivity contribution in [2.24, 2.45) is 0 Å². The van der Waals surface area contributed by atoms with Crippen molar-refractivity contribution in [3.63, 3.8) is 0 Å². The molecular weight excluding hydrogens is 343 g/mol. The topological polar surface area (TPSA) is 45.8 Å². The van der Waals surface area contributed by atoms with Gasteiger partial charge in [0, 0.05) is 10.0 Å². The fraction of sp³-hybridized carbons (Fsp3) is 0. The van der Waals surface area contributed by atoms with Crippen LogP contribution in [-0.4, -0.2) is 9.97 Å². The summed E-state index contributed by atoms with van der Waals surface area (Å²) in [6.45, 7) is 0. The maximum Gasteiger partial charge on any atom is 0.259 e. The van der Waals surface area contributed by atoms with Gasteiger partial charge in [0.1, 0.15) is 0 Å². The fourth-order valence-electron chi connectivity index (χ4n) is 2.00. The molecule has 3 rings (SSSR count). The first-order chi connectivity index (χ1) is 10.5. The van der Waals surface area contributed by atoms with Crippen molar-refractivity contribution in [3.8, 4) is 0 Å². The second kappa shape index (κ2) is 6.13. The molecule has 0 fully saturated rings. The van der Waals surface area contributed by atoms with Crippen LogP contribution in [-0.2, 0) is 0 Å². The minimum atomic E-state index is -0.287. The van der Waals surface area contributed by atoms with E-state index in [-0.39, 0.29) is 5.56 Å². The first-order valence-corrected chi connectivity index (χ1v) is 7.49. The second-order valence-corrected chi connectivity index (χ2v) is 5.90. The molecule has 22 heavy (non-hydrogen) atoms. The molecule has 0 atom stereocenters. The van der Waals surface area contributed by atoms with Crippen LogP contribution in [0, 0.1) is 0 Å². The van der Waals surface area contributed by atoms with Crippen LogP contribution in [0.25, 0.3) is 22.0 Å². The molecule has 1 aromatic heterocycles. The average molecular weight is 352 g/mol. The van der Waals surface area contributed by atoms with Crippen LogP contribution in [0.3, 0.4) is 0 Å². The van der Waals surface area contributed by atoms with E-state index in [0.29, 0.717) is 31.8 Å². The summed E-state index contributed by atoms with van der Waals surface area (Å²) in [5.74, 6) is 0.302. The van der Waals surface area contributed by atoms with Crippen LogP contribution in [0.1, 0.15) is 11.4 Å². The van der Waals surface area contributed by atoms with Gasteiger partial charge in [-0.2, -0.15) is 0 Å². The molecule has 0 spiro atoms. The number of fused-ring (bicyclic) bond motifs is 1. The molecule has 3 aromatic rings. The number of aromatic nitrogens is 2. The predicted molar refractivity (Wildman–Crippen MR) is 92.5 cm³/mol. The van der Waals surface area contributed by atoms with Crippen LogP contribution < -0.4 is 5.56 Å². The molecule has 110 valence electrons. The van der Waals surface area contributed by atoms with Crippen LogP contribution >= 0.6 is 34.8 Å². The zero-order valence-corrected chi connectivity index (χ0v) is 13.4. The highest BCUT2D eigenvalue weighted by atomic mass is 35.5. The standard InChI is InChI=1S/C16H9Cl3N2O/c17-10-3-1-9(2-4-10)7-13(19)15-20-14-6-5-11(18)8-12(14)16(22)21-15/h1-8H,(H,20,21,22)/b13-7-. The average Bonchev–Trinajstić information content (AvgIpc) is 2.50. The van der Waals surface area contributed by atoms with Crippen LogP contribution in [0.4, 0.5) is 0 Å². The molecule has 1 N–H and O–H groups in total. The molecule has 0 aliphatic carbocycles. The summed E-state index contributed by atoms with van der Waals surface area (Å²) in [6.07, 6.45) is 1.71. The Morgan fingerprint density at radius 1 is 1.05 bits per heavy atom. The van der Waals surface area contributed by atoms with Crippen molar-refractivity contribution in [2.45, 2.75) is 0 Å². The van der Waals surface area contributed by atoms with Gasteiger partial charge in [-0.1, -0.05) is 46.9 Å². The number of nitrogens with one attached hydrogen (secondary N) is 1. The van der Waals surface area contributed by atoms with Crippen LogP contribution in [0.15, 0.2) is 47.3 Å². The van der Waals surface area contributed by atoms with Gasteiger partial charge >= 0.3 is 0 Å². The van der Waals surface area contributed by atoms with Crippen molar-refractivity contribution in [3.05, 3.63) is 74.3 Å². The normalized spacial score (nSPS) is 11.9. The Morgan fingerprint density at radius 2 is 1.73 bits per heavy atom. The molecule has 0 radical (unpaired) electrons. The van der Waals surface area contributed by atoms with E-state index in [1.165, 1.54) is 0 Å². The third-order valence-corrected chi connectivity index (χ3v) is 3.83. The molecule has 0 aliphatic rings. The van der Waals surface area contributed by atoms with E-state index in [4.69, 9.17) is 34.8 Å². The summed E-state index contributed by atoms with van der Waals surface area (Å²) < 4.78 is 0. The van der Waals surface area contributed by atoms with Gasteiger partial charge in [-0.15, -0.1) is 0 Å². The van der Waals surface area contributed by atoms with E-state index in [2.05, 4.69) is 9.97 Å². The lowest BCUT2D eigenvalue weighted by atomic mass is 10.2. The summed E-state index contributed by atoms with van der Waals surface area (Å²) in [6, 6.07) is 12.1. The van der Waals surface area contributed by atoms with Gasteiger partial charge in [0.2, 0.25) is 0 Å². The SMILES string of the molecule is O=c1[nH]c(/C(Cl)=C/c2ccc(Cl)cc2)nc2ccc(Cl)cc12. The molecular formula is C16H9Cl3N2O. The van der Waals surface area contributed by atoms with E-state index in [9.17, 15) is 4.79 Å². The third-order valence-electron chi connectivity index (χ3n) is 3.06. The number of hydrogen-bond donors (Lipinski definition) is 1. The molecule has 6 heteroatoms. The second-order valence-electron chi connectivity index (χ2n) is 4.62. The highest BCUT2D eigenvalue weighted by Gasteiger charge is 2.07. The number of nitrogens with zero attached hydrogens (tertiary/aromatic N) is 1. The van der Waals surface area contributed by atoms with Gasteiger partial charge in [-0.3, -0.25) is 4.79 Å². The zero-order chi connectivity index (χ0) is 15.7. The Labute approximate surface area is 141 Å². The summed E-state index contributed by atoms with van der Waals surface area (Å²) >= 11 is 18.0. The zero-order valence-electron chi connectivity index (χ0n) is 11.1. The summed E-state index contributed by atoms with van der Waals surface area (Å²) in [7, 11) is 0. The first kappa shape index (κ1) is 15.1. The monoisotopic (exact) mass is 350 g/mol. The number of hydrogen-bond acceptors (Lipinski definition) is 2. The van der Waals surface area contributed by atoms with Gasteiger partial charge in [0.15, 0.2) is 5.82 Å². The maximum atomic E-state index is 12.1. The molecule has 0 bridgehead atoms. The van der Waals surface area contributed by atoms with Crippen molar-refractivity contribution < 1.29 is 0 Å². The minimum Gasteiger partial charge on any atom is -0.305 e. The molecule has 0 amide bonds. The number of aromatic amines is 1. The van der Waals surface area contributed by atoms with Gasteiger partial charge < -0.3 is 4.98 Å². The smallest absolute Gasteiger partial charge is 0.259 e. The Hall–Kier alpha value is -1.81. The Bertz CT molecular complexity index is 930. The van der Waals surface area contributed by atoms with Crippen molar-refractivity contribution in [1.29, 1.82) is 0 Å². The lowest BCUT2D eigenvalue weighted by Crippen LogP contribution is -2.10. The van der Waals surface area contributed by atoms with Crippen LogP contribution in [0.5, 0.6) is 0 Å². The van der Waals surface area contributed by atoms with Crippen molar-refractivity contribution >= 4 is 56.8 Å². The number of halogens is 3. The lowest BCUT2D eigenvalue weighted by molar-refractivity contribution is 1.14. The summed E-state index contributed by atoms with van der Waals surface area (Å²) in [5.41, 5.74) is 1.10. The van der Waals surface area contributed by atoms with Gasteiger partial charge in [-0.25, -0.2) is 4.98 Å². The van der Waals surface area contributed by atoms with Crippen molar-refractivity contribution in [1.82, 2.24) is 9.97 Å². The lowest BCUT2D eigenvalue weighted by Gasteiger charge is -2.03. The van der Waals surface area contributed by atoms with Crippen LogP contribution in [0.2, 0.25) is 10.0 Å². The Balaban J connectivity index is 2.07. The predicted octanol–water partition coefficient (Wildman–Crippen LogP) is 4.97. The Kier molecular flexibility index (Phi) is 4.21. The van der Waals surface area contributed by atoms with E-state index in [1.807, 2.05) is 12.1 Å². The number of rotatable bonds is 2. The quantitative estimate of drug-likeness (QED) is 0.708. The maximum absolute atomic E-state index is 12.1. The van der Waals surface area contributed by atoms with Gasteiger partial charge in [0.25, 0.3) is 5.56 Å². The molecule has 2 aromatic carbocycles. The van der Waals surface area contributed by atoms with E-state index >= 15 is 0 Å². The van der Waals surface area contributed by atoms with Gasteiger partial charge in [0.05, 0.1) is 15.9 Å². The molecule has 0 saturated heterocycles. The molecule has 0 saturated carbocycles. The largest absolute Gasteiger partial charge is 0.305 e. The minimum absolute atomic E-state index is 0.287. The third kappa shape index (κ3) is 3.17. The van der Waals surface area contributed by atoms with E-state index in [0.717, 1.165) is 5.56 Å².